The molecule has 0 aliphatic heterocycles. The molecule has 21 heavy (non-hydrogen) atoms. The second-order valence-electron chi connectivity index (χ2n) is 4.49. The van der Waals surface area contributed by atoms with E-state index in [9.17, 15) is 13.5 Å². The fourth-order valence-corrected chi connectivity index (χ4v) is 3.07. The normalized spacial score (nSPS) is 11.4. The average Bonchev–Trinajstić information content (AvgIpc) is 2.48. The molecule has 0 unspecified atom stereocenters. The Bertz CT molecular complexity index is 893. The topological polar surface area (TPSA) is 79.3 Å². The minimum absolute atomic E-state index is 0.0602. The highest BCUT2D eigenvalue weighted by molar-refractivity contribution is 7.92. The van der Waals surface area contributed by atoms with Crippen LogP contribution >= 0.6 is 0 Å². The Morgan fingerprint density at radius 2 is 1.76 bits per heavy atom. The van der Waals surface area contributed by atoms with E-state index in [-0.39, 0.29) is 10.6 Å². The molecule has 2 N–H and O–H groups in total. The molecule has 3 aromatic rings. The van der Waals surface area contributed by atoms with Crippen LogP contribution in [-0.4, -0.2) is 18.5 Å². The van der Waals surface area contributed by atoms with Gasteiger partial charge in [-0.1, -0.05) is 30.3 Å². The second-order valence-corrected chi connectivity index (χ2v) is 6.17. The van der Waals surface area contributed by atoms with Gasteiger partial charge in [-0.25, -0.2) is 8.42 Å². The highest BCUT2D eigenvalue weighted by Gasteiger charge is 2.14. The monoisotopic (exact) mass is 300 g/mol. The SMILES string of the molecule is O=S(=O)(Nc1cnc2c(O)cccc2c1)c1ccccc1. The van der Waals surface area contributed by atoms with E-state index in [0.29, 0.717) is 16.6 Å². The third-order valence-corrected chi connectivity index (χ3v) is 4.39. The van der Waals surface area contributed by atoms with E-state index < -0.39 is 10.0 Å². The first kappa shape index (κ1) is 13.4. The number of hydrogen-bond donors (Lipinski definition) is 2. The summed E-state index contributed by atoms with van der Waals surface area (Å²) in [5.74, 6) is 0.0602. The predicted molar refractivity (Wildman–Crippen MR) is 80.7 cm³/mol. The molecule has 0 radical (unpaired) electrons. The van der Waals surface area contributed by atoms with Crippen molar-refractivity contribution in [2.45, 2.75) is 4.90 Å². The molecule has 1 heterocycles. The number of nitrogens with zero attached hydrogens (tertiary/aromatic N) is 1. The number of nitrogens with one attached hydrogen (secondary N) is 1. The van der Waals surface area contributed by atoms with Gasteiger partial charge in [-0.3, -0.25) is 9.71 Å². The average molecular weight is 300 g/mol. The quantitative estimate of drug-likeness (QED) is 0.779. The molecule has 0 amide bonds. The fraction of sp³-hybridized carbons (Fsp3) is 0. The maximum Gasteiger partial charge on any atom is 0.261 e. The summed E-state index contributed by atoms with van der Waals surface area (Å²) < 4.78 is 26.9. The fourth-order valence-electron chi connectivity index (χ4n) is 2.01. The van der Waals surface area contributed by atoms with E-state index in [2.05, 4.69) is 9.71 Å². The van der Waals surface area contributed by atoms with Gasteiger partial charge in [0.25, 0.3) is 10.0 Å². The van der Waals surface area contributed by atoms with Crippen LogP contribution in [0.15, 0.2) is 65.7 Å². The summed E-state index contributed by atoms with van der Waals surface area (Å²) in [4.78, 5) is 4.26. The molecule has 3 rings (SSSR count). The van der Waals surface area contributed by atoms with Crippen LogP contribution < -0.4 is 4.72 Å². The lowest BCUT2D eigenvalue weighted by molar-refractivity contribution is 0.480. The number of para-hydroxylation sites is 1. The lowest BCUT2D eigenvalue weighted by Gasteiger charge is -2.08. The first-order valence-corrected chi connectivity index (χ1v) is 7.70. The minimum atomic E-state index is -3.64. The molecule has 0 atom stereocenters. The van der Waals surface area contributed by atoms with Gasteiger partial charge >= 0.3 is 0 Å². The largest absolute Gasteiger partial charge is 0.506 e. The molecule has 0 aliphatic rings. The molecular formula is C15H12N2O3S. The van der Waals surface area contributed by atoms with Crippen molar-refractivity contribution in [1.82, 2.24) is 4.98 Å². The van der Waals surface area contributed by atoms with Crippen LogP contribution in [-0.2, 0) is 10.0 Å². The number of sulfonamides is 1. The van der Waals surface area contributed by atoms with Crippen molar-refractivity contribution in [3.63, 3.8) is 0 Å². The zero-order valence-electron chi connectivity index (χ0n) is 10.9. The van der Waals surface area contributed by atoms with Gasteiger partial charge in [0.05, 0.1) is 16.8 Å². The predicted octanol–water partition coefficient (Wildman–Crippen LogP) is 2.74. The Hall–Kier alpha value is -2.60. The van der Waals surface area contributed by atoms with E-state index >= 15 is 0 Å². The number of phenolic OH excluding ortho intramolecular Hbond substituents is 1. The Morgan fingerprint density at radius 3 is 2.52 bits per heavy atom. The van der Waals surface area contributed by atoms with Crippen LogP contribution in [0.1, 0.15) is 0 Å². The van der Waals surface area contributed by atoms with Crippen LogP contribution in [0.5, 0.6) is 5.75 Å². The van der Waals surface area contributed by atoms with Gasteiger partial charge in [-0.05, 0) is 24.3 Å². The molecule has 1 aromatic heterocycles. The summed E-state index contributed by atoms with van der Waals surface area (Å²) in [6.45, 7) is 0. The van der Waals surface area contributed by atoms with Crippen LogP contribution in [0.2, 0.25) is 0 Å². The Morgan fingerprint density at radius 1 is 1.00 bits per heavy atom. The third kappa shape index (κ3) is 2.66. The lowest BCUT2D eigenvalue weighted by atomic mass is 10.2. The van der Waals surface area contributed by atoms with E-state index in [1.54, 1.807) is 36.4 Å². The summed E-state index contributed by atoms with van der Waals surface area (Å²) in [6.07, 6.45) is 1.38. The number of rotatable bonds is 3. The molecule has 0 bridgehead atoms. The second kappa shape index (κ2) is 5.06. The summed E-state index contributed by atoms with van der Waals surface area (Å²) in [5, 5.41) is 10.3. The summed E-state index contributed by atoms with van der Waals surface area (Å²) in [5.41, 5.74) is 0.775. The molecule has 5 nitrogen and oxygen atoms in total. The van der Waals surface area contributed by atoms with Gasteiger partial charge in [0.2, 0.25) is 0 Å². The summed E-state index contributed by atoms with van der Waals surface area (Å²) >= 11 is 0. The molecule has 2 aromatic carbocycles. The van der Waals surface area contributed by atoms with Gasteiger partial charge < -0.3 is 5.11 Å². The first-order valence-electron chi connectivity index (χ1n) is 6.22. The Labute approximate surface area is 121 Å². The number of hydrogen-bond acceptors (Lipinski definition) is 4. The molecule has 0 saturated heterocycles. The highest BCUT2D eigenvalue weighted by Crippen LogP contribution is 2.25. The maximum atomic E-state index is 12.2. The molecule has 0 aliphatic carbocycles. The lowest BCUT2D eigenvalue weighted by Crippen LogP contribution is -2.12. The van der Waals surface area contributed by atoms with E-state index in [4.69, 9.17) is 0 Å². The number of aromatic hydroxyl groups is 1. The maximum absolute atomic E-state index is 12.2. The van der Waals surface area contributed by atoms with Gasteiger partial charge in [0.15, 0.2) is 0 Å². The minimum Gasteiger partial charge on any atom is -0.506 e. The standard InChI is InChI=1S/C15H12N2O3S/c18-14-8-4-5-11-9-12(10-16-15(11)14)17-21(19,20)13-6-2-1-3-7-13/h1-10,17-18H. The number of fused-ring (bicyclic) bond motifs is 1. The molecule has 0 saturated carbocycles. The molecule has 0 spiro atoms. The first-order chi connectivity index (χ1) is 10.1. The number of anilines is 1. The Balaban J connectivity index is 1.99. The highest BCUT2D eigenvalue weighted by atomic mass is 32.2. The number of phenols is 1. The van der Waals surface area contributed by atoms with Crippen molar-refractivity contribution < 1.29 is 13.5 Å². The van der Waals surface area contributed by atoms with Crippen LogP contribution in [0, 0.1) is 0 Å². The third-order valence-electron chi connectivity index (χ3n) is 3.00. The molecule has 106 valence electrons. The number of pyridine rings is 1. The van der Waals surface area contributed by atoms with Crippen molar-refractivity contribution in [3.05, 3.63) is 60.8 Å². The zero-order valence-corrected chi connectivity index (χ0v) is 11.7. The number of benzene rings is 2. The summed E-state index contributed by atoms with van der Waals surface area (Å²) in [6, 6.07) is 14.7. The van der Waals surface area contributed by atoms with Gasteiger partial charge in [0, 0.05) is 5.39 Å². The zero-order chi connectivity index (χ0) is 14.9. The van der Waals surface area contributed by atoms with Crippen molar-refractivity contribution in [3.8, 4) is 5.75 Å². The Kier molecular flexibility index (Phi) is 3.23. The van der Waals surface area contributed by atoms with Gasteiger partial charge in [-0.2, -0.15) is 0 Å². The van der Waals surface area contributed by atoms with Crippen LogP contribution in [0.25, 0.3) is 10.9 Å². The van der Waals surface area contributed by atoms with Crippen molar-refractivity contribution in [2.75, 3.05) is 4.72 Å². The smallest absolute Gasteiger partial charge is 0.261 e. The van der Waals surface area contributed by atoms with Gasteiger partial charge in [-0.15, -0.1) is 0 Å². The van der Waals surface area contributed by atoms with Crippen molar-refractivity contribution in [2.24, 2.45) is 0 Å². The van der Waals surface area contributed by atoms with Crippen molar-refractivity contribution >= 4 is 26.6 Å². The van der Waals surface area contributed by atoms with Gasteiger partial charge in [0.1, 0.15) is 11.3 Å². The summed E-state index contributed by atoms with van der Waals surface area (Å²) in [7, 11) is -3.64. The molecule has 6 heteroatoms. The number of aromatic nitrogens is 1. The van der Waals surface area contributed by atoms with E-state index in [1.807, 2.05) is 0 Å². The van der Waals surface area contributed by atoms with Crippen molar-refractivity contribution in [1.29, 1.82) is 0 Å². The van der Waals surface area contributed by atoms with E-state index in [0.717, 1.165) is 0 Å². The van der Waals surface area contributed by atoms with E-state index in [1.165, 1.54) is 24.4 Å². The molecule has 0 fully saturated rings. The van der Waals surface area contributed by atoms with Crippen LogP contribution in [0.4, 0.5) is 5.69 Å². The molecular weight excluding hydrogens is 288 g/mol. The van der Waals surface area contributed by atoms with Crippen LogP contribution in [0.3, 0.4) is 0 Å².